The number of esters is 1. The van der Waals surface area contributed by atoms with E-state index in [4.69, 9.17) is 4.42 Å². The van der Waals surface area contributed by atoms with Gasteiger partial charge in [0, 0.05) is 24.0 Å². The molecule has 1 heterocycles. The molecule has 31 heavy (non-hydrogen) atoms. The summed E-state index contributed by atoms with van der Waals surface area (Å²) in [6.07, 6.45) is -0.0968. The number of hydrogen-bond acceptors (Lipinski definition) is 7. The molecule has 10 heteroatoms. The molecule has 0 spiro atoms. The number of sulfonamides is 1. The number of aryl methyl sites for hydroxylation is 1. The minimum atomic E-state index is -3.71. The Bertz CT molecular complexity index is 1300. The highest BCUT2D eigenvalue weighted by Gasteiger charge is 2.16. The summed E-state index contributed by atoms with van der Waals surface area (Å²) in [4.78, 5) is 35.8. The van der Waals surface area contributed by atoms with Crippen LogP contribution in [0.5, 0.6) is 0 Å². The number of rotatable bonds is 7. The number of amides is 1. The fraction of sp³-hybridized carbons (Fsp3) is 0.190. The Labute approximate surface area is 178 Å². The van der Waals surface area contributed by atoms with Crippen LogP contribution in [0.2, 0.25) is 0 Å². The van der Waals surface area contributed by atoms with Gasteiger partial charge in [0.2, 0.25) is 15.9 Å². The number of carbonyl (C=O) groups excluding carboxylic acids is 2. The molecule has 0 aliphatic carbocycles. The highest BCUT2D eigenvalue weighted by Crippen LogP contribution is 2.19. The smallest absolute Gasteiger partial charge is 0.351 e. The Balaban J connectivity index is 1.64. The number of methoxy groups -OCH3 is 1. The summed E-state index contributed by atoms with van der Waals surface area (Å²) in [5.41, 5.74) is 0.484. The predicted molar refractivity (Wildman–Crippen MR) is 113 cm³/mol. The van der Waals surface area contributed by atoms with Crippen LogP contribution in [0.25, 0.3) is 11.0 Å². The second-order valence-electron chi connectivity index (χ2n) is 6.70. The first kappa shape index (κ1) is 22.2. The normalized spacial score (nSPS) is 11.3. The molecule has 3 rings (SSSR count). The highest BCUT2D eigenvalue weighted by molar-refractivity contribution is 7.89. The van der Waals surface area contributed by atoms with Crippen LogP contribution in [0.3, 0.4) is 0 Å². The maximum Gasteiger partial charge on any atom is 0.351 e. The van der Waals surface area contributed by atoms with Crippen LogP contribution in [-0.4, -0.2) is 33.9 Å². The Morgan fingerprint density at radius 2 is 1.77 bits per heavy atom. The predicted octanol–water partition coefficient (Wildman–Crippen LogP) is 2.20. The quantitative estimate of drug-likeness (QED) is 0.422. The summed E-state index contributed by atoms with van der Waals surface area (Å²) in [6, 6.07) is 12.2. The summed E-state index contributed by atoms with van der Waals surface area (Å²) in [5.74, 6) is -1.25. The van der Waals surface area contributed by atoms with Gasteiger partial charge in [-0.2, -0.15) is 0 Å². The van der Waals surface area contributed by atoms with Crippen molar-refractivity contribution in [2.45, 2.75) is 18.2 Å². The molecule has 9 nitrogen and oxygen atoms in total. The van der Waals surface area contributed by atoms with Gasteiger partial charge in [0.25, 0.3) is 0 Å². The van der Waals surface area contributed by atoms with Crippen molar-refractivity contribution in [3.8, 4) is 0 Å². The zero-order valence-corrected chi connectivity index (χ0v) is 17.6. The van der Waals surface area contributed by atoms with E-state index in [0.717, 1.165) is 12.7 Å². The maximum atomic E-state index is 12.3. The molecule has 1 aromatic heterocycles. The molecule has 0 saturated heterocycles. The van der Waals surface area contributed by atoms with E-state index in [0.29, 0.717) is 11.1 Å². The molecule has 0 atom stereocenters. The van der Waals surface area contributed by atoms with Crippen molar-refractivity contribution in [2.75, 3.05) is 19.0 Å². The average molecular weight is 444 g/mol. The van der Waals surface area contributed by atoms with E-state index in [9.17, 15) is 22.8 Å². The molecule has 0 aliphatic rings. The van der Waals surface area contributed by atoms with E-state index < -0.39 is 27.5 Å². The van der Waals surface area contributed by atoms with E-state index in [1.165, 1.54) is 36.4 Å². The first-order valence-electron chi connectivity index (χ1n) is 9.22. The lowest BCUT2D eigenvalue weighted by atomic mass is 10.1. The van der Waals surface area contributed by atoms with Gasteiger partial charge in [-0.1, -0.05) is 17.7 Å². The topological polar surface area (TPSA) is 132 Å². The van der Waals surface area contributed by atoms with Gasteiger partial charge in [0.15, 0.2) is 0 Å². The zero-order valence-electron chi connectivity index (χ0n) is 16.8. The van der Waals surface area contributed by atoms with Crippen molar-refractivity contribution in [1.29, 1.82) is 0 Å². The standard InChI is InChI=1S/C21H20N2O7S/c1-13-3-6-16(7-4-13)31(27,28)22-10-9-19(24)23-15-5-8-18-14(11-15)12-17(20(25)29-2)21(26)30-18/h3-8,11-12,22H,9-10H2,1-2H3,(H,23,24). The Hall–Kier alpha value is -3.50. The van der Waals surface area contributed by atoms with Crippen molar-refractivity contribution in [3.63, 3.8) is 0 Å². The molecule has 0 saturated carbocycles. The molecule has 1 amide bonds. The minimum Gasteiger partial charge on any atom is -0.465 e. The molecule has 0 unspecified atom stereocenters. The third-order valence-corrected chi connectivity index (χ3v) is 5.87. The molecule has 162 valence electrons. The van der Waals surface area contributed by atoms with E-state index in [1.807, 2.05) is 6.92 Å². The molecule has 0 radical (unpaired) electrons. The summed E-state index contributed by atoms with van der Waals surface area (Å²) >= 11 is 0. The second-order valence-corrected chi connectivity index (χ2v) is 8.47. The van der Waals surface area contributed by atoms with Gasteiger partial charge in [-0.05, 0) is 43.3 Å². The highest BCUT2D eigenvalue weighted by atomic mass is 32.2. The molecular formula is C21H20N2O7S. The van der Waals surface area contributed by atoms with Crippen molar-refractivity contribution < 1.29 is 27.2 Å². The molecule has 0 aliphatic heterocycles. The maximum absolute atomic E-state index is 12.3. The summed E-state index contributed by atoms with van der Waals surface area (Å²) < 4.78 is 36.5. The Morgan fingerprint density at radius 3 is 2.45 bits per heavy atom. The van der Waals surface area contributed by atoms with Crippen LogP contribution < -0.4 is 15.7 Å². The van der Waals surface area contributed by atoms with Crippen LogP contribution in [0.15, 0.2) is 62.6 Å². The Kier molecular flexibility index (Phi) is 6.52. The van der Waals surface area contributed by atoms with Gasteiger partial charge in [0.1, 0.15) is 11.1 Å². The minimum absolute atomic E-state index is 0.0863. The number of benzene rings is 2. The SMILES string of the molecule is COC(=O)c1cc2cc(NC(=O)CCNS(=O)(=O)c3ccc(C)cc3)ccc2oc1=O. The lowest BCUT2D eigenvalue weighted by Crippen LogP contribution is -2.27. The van der Waals surface area contributed by atoms with Crippen molar-refractivity contribution >= 4 is 38.6 Å². The van der Waals surface area contributed by atoms with Gasteiger partial charge in [-0.25, -0.2) is 22.7 Å². The van der Waals surface area contributed by atoms with Gasteiger partial charge >= 0.3 is 11.6 Å². The van der Waals surface area contributed by atoms with Gasteiger partial charge in [-0.3, -0.25) is 4.79 Å². The third kappa shape index (κ3) is 5.36. The monoisotopic (exact) mass is 444 g/mol. The van der Waals surface area contributed by atoms with Crippen molar-refractivity contribution in [3.05, 3.63) is 70.1 Å². The van der Waals surface area contributed by atoms with Crippen LogP contribution in [0, 0.1) is 6.92 Å². The van der Waals surface area contributed by atoms with Crippen molar-refractivity contribution in [2.24, 2.45) is 0 Å². The van der Waals surface area contributed by atoms with E-state index >= 15 is 0 Å². The fourth-order valence-electron chi connectivity index (χ4n) is 2.78. The number of fused-ring (bicyclic) bond motifs is 1. The number of hydrogen-bond donors (Lipinski definition) is 2. The average Bonchev–Trinajstić information content (AvgIpc) is 2.73. The van der Waals surface area contributed by atoms with Crippen molar-refractivity contribution in [1.82, 2.24) is 4.72 Å². The van der Waals surface area contributed by atoms with E-state index in [-0.39, 0.29) is 29.0 Å². The first-order valence-corrected chi connectivity index (χ1v) is 10.7. The Morgan fingerprint density at radius 1 is 1.06 bits per heavy atom. The third-order valence-electron chi connectivity index (χ3n) is 4.40. The van der Waals surface area contributed by atoms with E-state index in [2.05, 4.69) is 14.8 Å². The molecule has 2 aromatic carbocycles. The summed E-state index contributed by atoms with van der Waals surface area (Å²) in [5, 5.41) is 3.05. The summed E-state index contributed by atoms with van der Waals surface area (Å²) in [7, 11) is -2.56. The molecular weight excluding hydrogens is 424 g/mol. The summed E-state index contributed by atoms with van der Waals surface area (Å²) in [6.45, 7) is 1.77. The second kappa shape index (κ2) is 9.11. The van der Waals surface area contributed by atoms with Crippen LogP contribution >= 0.6 is 0 Å². The molecule has 3 aromatic rings. The van der Waals surface area contributed by atoms with Gasteiger partial charge in [0.05, 0.1) is 12.0 Å². The van der Waals surface area contributed by atoms with E-state index in [1.54, 1.807) is 12.1 Å². The lowest BCUT2D eigenvalue weighted by Gasteiger charge is -2.09. The molecule has 0 fully saturated rings. The largest absolute Gasteiger partial charge is 0.465 e. The fourth-order valence-corrected chi connectivity index (χ4v) is 3.81. The van der Waals surface area contributed by atoms with Gasteiger partial charge < -0.3 is 14.5 Å². The number of nitrogens with one attached hydrogen (secondary N) is 2. The number of ether oxygens (including phenoxy) is 1. The van der Waals surface area contributed by atoms with Crippen LogP contribution in [0.1, 0.15) is 22.3 Å². The first-order chi connectivity index (χ1) is 14.7. The number of carbonyl (C=O) groups is 2. The zero-order chi connectivity index (χ0) is 22.6. The number of anilines is 1. The lowest BCUT2D eigenvalue weighted by molar-refractivity contribution is -0.116. The molecule has 0 bridgehead atoms. The van der Waals surface area contributed by atoms with Crippen LogP contribution in [-0.2, 0) is 19.6 Å². The van der Waals surface area contributed by atoms with Gasteiger partial charge in [-0.15, -0.1) is 0 Å². The molecule has 2 N–H and O–H groups in total. The van der Waals surface area contributed by atoms with Crippen LogP contribution in [0.4, 0.5) is 5.69 Å².